The summed E-state index contributed by atoms with van der Waals surface area (Å²) in [6, 6.07) is 4.91. The van der Waals surface area contributed by atoms with Gasteiger partial charge in [-0.3, -0.25) is 29.0 Å². The lowest BCUT2D eigenvalue weighted by Crippen LogP contribution is -2.46. The molecular weight excluding hydrogens is 492 g/mol. The lowest BCUT2D eigenvalue weighted by molar-refractivity contribution is -0.144. The monoisotopic (exact) mass is 530 g/mol. The highest BCUT2D eigenvalue weighted by molar-refractivity contribution is 6.01. The number of hydrogen-bond donors (Lipinski definition) is 2. The van der Waals surface area contributed by atoms with E-state index in [1.165, 1.54) is 4.90 Å². The zero-order valence-corrected chi connectivity index (χ0v) is 22.0. The number of likely N-dealkylation sites (tertiary alicyclic amines) is 2. The number of hydrogen-bond acceptors (Lipinski definition) is 8. The number of carboxylic acids is 1. The van der Waals surface area contributed by atoms with Crippen LogP contribution in [0.2, 0.25) is 0 Å². The molecule has 11 heteroatoms. The van der Waals surface area contributed by atoms with E-state index in [-0.39, 0.29) is 56.9 Å². The summed E-state index contributed by atoms with van der Waals surface area (Å²) in [5.41, 5.74) is 6.49. The molecule has 4 rings (SSSR count). The van der Waals surface area contributed by atoms with E-state index in [2.05, 4.69) is 6.92 Å². The number of imide groups is 1. The molecule has 208 valence electrons. The van der Waals surface area contributed by atoms with E-state index in [1.54, 1.807) is 6.07 Å². The highest BCUT2D eigenvalue weighted by Crippen LogP contribution is 2.42. The SMILES string of the molecule is CCCCN(CCCN)C(=O)CN1C[C@H](c2ccc3c(c2)OCO3)[C@@H](C(=O)O)[C@@H]1CCN1C(=O)CCC1=O. The lowest BCUT2D eigenvalue weighted by atomic mass is 9.84. The van der Waals surface area contributed by atoms with Gasteiger partial charge in [0.05, 0.1) is 12.5 Å². The first kappa shape index (κ1) is 27.8. The Morgan fingerprint density at radius 3 is 2.50 bits per heavy atom. The molecule has 3 aliphatic heterocycles. The molecule has 38 heavy (non-hydrogen) atoms. The smallest absolute Gasteiger partial charge is 0.308 e. The molecule has 0 aromatic heterocycles. The molecule has 3 N–H and O–H groups in total. The van der Waals surface area contributed by atoms with Gasteiger partial charge in [-0.05, 0) is 43.5 Å². The van der Waals surface area contributed by atoms with Crippen molar-refractivity contribution in [1.29, 1.82) is 0 Å². The summed E-state index contributed by atoms with van der Waals surface area (Å²) in [4.78, 5) is 55.5. The molecule has 0 bridgehead atoms. The number of unbranched alkanes of at least 4 members (excludes halogenated alkanes) is 1. The number of carbonyl (C=O) groups is 4. The third-order valence-corrected chi connectivity index (χ3v) is 7.77. The topological polar surface area (TPSA) is 143 Å². The van der Waals surface area contributed by atoms with Crippen LogP contribution in [0.1, 0.15) is 56.9 Å². The van der Waals surface area contributed by atoms with E-state index < -0.39 is 23.8 Å². The van der Waals surface area contributed by atoms with Crippen LogP contribution in [0.3, 0.4) is 0 Å². The third-order valence-electron chi connectivity index (χ3n) is 7.77. The molecular formula is C27H38N4O7. The number of carbonyl (C=O) groups excluding carboxylic acids is 3. The van der Waals surface area contributed by atoms with Crippen molar-refractivity contribution in [3.8, 4) is 11.5 Å². The Balaban J connectivity index is 1.59. The largest absolute Gasteiger partial charge is 0.481 e. The van der Waals surface area contributed by atoms with E-state index in [4.69, 9.17) is 15.2 Å². The van der Waals surface area contributed by atoms with Crippen LogP contribution in [0, 0.1) is 5.92 Å². The number of amides is 3. The summed E-state index contributed by atoms with van der Waals surface area (Å²) in [6.45, 7) is 4.39. The van der Waals surface area contributed by atoms with Crippen LogP contribution in [0.15, 0.2) is 18.2 Å². The number of benzene rings is 1. The Hall–Kier alpha value is -3.18. The van der Waals surface area contributed by atoms with Crippen LogP contribution in [0.25, 0.3) is 0 Å². The van der Waals surface area contributed by atoms with Gasteiger partial charge in [-0.15, -0.1) is 0 Å². The van der Waals surface area contributed by atoms with Crippen molar-refractivity contribution in [2.24, 2.45) is 11.7 Å². The van der Waals surface area contributed by atoms with E-state index >= 15 is 0 Å². The van der Waals surface area contributed by atoms with Crippen LogP contribution in [0.4, 0.5) is 0 Å². The average molecular weight is 531 g/mol. The van der Waals surface area contributed by atoms with Gasteiger partial charge in [0.2, 0.25) is 24.5 Å². The molecule has 3 aliphatic rings. The molecule has 2 fully saturated rings. The Morgan fingerprint density at radius 2 is 1.82 bits per heavy atom. The van der Waals surface area contributed by atoms with E-state index in [0.29, 0.717) is 44.1 Å². The minimum Gasteiger partial charge on any atom is -0.481 e. The molecule has 0 spiro atoms. The van der Waals surface area contributed by atoms with Crippen molar-refractivity contribution in [3.05, 3.63) is 23.8 Å². The molecule has 3 amide bonds. The highest BCUT2D eigenvalue weighted by atomic mass is 16.7. The first-order valence-electron chi connectivity index (χ1n) is 13.5. The van der Waals surface area contributed by atoms with Gasteiger partial charge in [0, 0.05) is 51.0 Å². The van der Waals surface area contributed by atoms with E-state index in [0.717, 1.165) is 18.4 Å². The number of aliphatic carboxylic acids is 1. The maximum absolute atomic E-state index is 13.4. The van der Waals surface area contributed by atoms with Crippen LogP contribution < -0.4 is 15.2 Å². The summed E-state index contributed by atoms with van der Waals surface area (Å²) in [5, 5.41) is 10.4. The number of fused-ring (bicyclic) bond motifs is 1. The lowest BCUT2D eigenvalue weighted by Gasteiger charge is -2.30. The van der Waals surface area contributed by atoms with Crippen molar-refractivity contribution >= 4 is 23.7 Å². The maximum atomic E-state index is 13.4. The Kier molecular flexibility index (Phi) is 9.22. The van der Waals surface area contributed by atoms with Crippen molar-refractivity contribution in [2.45, 2.75) is 57.4 Å². The molecule has 2 saturated heterocycles. The summed E-state index contributed by atoms with van der Waals surface area (Å²) < 4.78 is 10.9. The molecule has 0 radical (unpaired) electrons. The minimum absolute atomic E-state index is 0.0612. The van der Waals surface area contributed by atoms with Gasteiger partial charge >= 0.3 is 5.97 Å². The van der Waals surface area contributed by atoms with Gasteiger partial charge in [-0.2, -0.15) is 0 Å². The normalized spacial score (nSPS) is 22.9. The standard InChI is InChI=1S/C27H38N4O7/c1-2-3-11-29(12-4-10-28)25(34)16-30-15-19(18-5-6-21-22(14-18)38-17-37-21)26(27(35)36)20(30)9-13-31-23(32)7-8-24(31)33/h5-6,14,19-20,26H,2-4,7-13,15-17,28H2,1H3,(H,35,36)/t19-,20+,26-/m1/s1. The molecule has 1 aromatic carbocycles. The summed E-state index contributed by atoms with van der Waals surface area (Å²) >= 11 is 0. The second-order valence-corrected chi connectivity index (χ2v) is 10.2. The van der Waals surface area contributed by atoms with Crippen LogP contribution >= 0.6 is 0 Å². The highest BCUT2D eigenvalue weighted by Gasteiger charge is 2.48. The summed E-state index contributed by atoms with van der Waals surface area (Å²) in [6.07, 6.45) is 3.15. The summed E-state index contributed by atoms with van der Waals surface area (Å²) in [7, 11) is 0. The molecule has 3 atom stereocenters. The minimum atomic E-state index is -0.974. The van der Waals surface area contributed by atoms with E-state index in [1.807, 2.05) is 21.9 Å². The van der Waals surface area contributed by atoms with Gasteiger partial charge in [0.1, 0.15) is 0 Å². The van der Waals surface area contributed by atoms with Gasteiger partial charge in [0.25, 0.3) is 0 Å². The number of nitrogens with two attached hydrogens (primary N) is 1. The van der Waals surface area contributed by atoms with Crippen molar-refractivity contribution in [3.63, 3.8) is 0 Å². The molecule has 0 aliphatic carbocycles. The van der Waals surface area contributed by atoms with Gasteiger partial charge in [0.15, 0.2) is 11.5 Å². The second-order valence-electron chi connectivity index (χ2n) is 10.2. The predicted octanol–water partition coefficient (Wildman–Crippen LogP) is 1.40. The number of ether oxygens (including phenoxy) is 2. The van der Waals surface area contributed by atoms with Crippen molar-refractivity contribution < 1.29 is 33.8 Å². The molecule has 0 unspecified atom stereocenters. The first-order chi connectivity index (χ1) is 18.3. The Labute approximate surface area is 222 Å². The fraction of sp³-hybridized carbons (Fsp3) is 0.630. The quantitative estimate of drug-likeness (QED) is 0.362. The number of carboxylic acid groups (broad SMARTS) is 1. The zero-order valence-electron chi connectivity index (χ0n) is 22.0. The average Bonchev–Trinajstić information content (AvgIpc) is 3.59. The fourth-order valence-corrected chi connectivity index (χ4v) is 5.73. The van der Waals surface area contributed by atoms with Crippen molar-refractivity contribution in [2.75, 3.05) is 46.1 Å². The Morgan fingerprint density at radius 1 is 1.11 bits per heavy atom. The fourth-order valence-electron chi connectivity index (χ4n) is 5.73. The number of rotatable bonds is 13. The summed E-state index contributed by atoms with van der Waals surface area (Å²) in [5.74, 6) is -1.57. The molecule has 3 heterocycles. The Bertz CT molecular complexity index is 1020. The molecule has 1 aromatic rings. The van der Waals surface area contributed by atoms with Gasteiger partial charge < -0.3 is 25.2 Å². The molecule has 11 nitrogen and oxygen atoms in total. The predicted molar refractivity (Wildman–Crippen MR) is 138 cm³/mol. The van der Waals surface area contributed by atoms with Crippen LogP contribution in [0.5, 0.6) is 11.5 Å². The molecule has 0 saturated carbocycles. The first-order valence-corrected chi connectivity index (χ1v) is 13.5. The number of nitrogens with zero attached hydrogens (tertiary/aromatic N) is 3. The van der Waals surface area contributed by atoms with Crippen molar-refractivity contribution in [1.82, 2.24) is 14.7 Å². The van der Waals surface area contributed by atoms with Crippen LogP contribution in [-0.2, 0) is 19.2 Å². The van der Waals surface area contributed by atoms with Gasteiger partial charge in [-0.25, -0.2) is 0 Å². The second kappa shape index (κ2) is 12.6. The zero-order chi connectivity index (χ0) is 27.2. The van der Waals surface area contributed by atoms with Crippen LogP contribution in [-0.4, -0.2) is 95.6 Å². The van der Waals surface area contributed by atoms with Gasteiger partial charge in [-0.1, -0.05) is 19.4 Å². The third kappa shape index (κ3) is 6.10. The van der Waals surface area contributed by atoms with E-state index in [9.17, 15) is 24.3 Å². The maximum Gasteiger partial charge on any atom is 0.308 e.